The van der Waals surface area contributed by atoms with Crippen molar-refractivity contribution in [1.29, 1.82) is 0 Å². The van der Waals surface area contributed by atoms with Crippen molar-refractivity contribution in [2.24, 2.45) is 5.11 Å². The maximum absolute atomic E-state index is 9.98. The van der Waals surface area contributed by atoms with E-state index in [0.717, 1.165) is 0 Å². The highest BCUT2D eigenvalue weighted by Crippen LogP contribution is 1.97. The van der Waals surface area contributed by atoms with Gasteiger partial charge in [-0.3, -0.25) is 0 Å². The molecule has 0 aromatic carbocycles. The first kappa shape index (κ1) is 8.74. The Morgan fingerprint density at radius 1 is 1.80 bits per heavy atom. The van der Waals surface area contributed by atoms with Crippen LogP contribution in [-0.2, 0) is 4.79 Å². The third-order valence-electron chi connectivity index (χ3n) is 0.944. The molecular formula is C4H7N3O3. The van der Waals surface area contributed by atoms with Gasteiger partial charge in [0, 0.05) is 4.91 Å². The van der Waals surface area contributed by atoms with Crippen molar-refractivity contribution in [2.45, 2.75) is 19.1 Å². The maximum Gasteiger partial charge on any atom is 0.332 e. The molecule has 0 radical (unpaired) electrons. The number of hydrogen-bond donors (Lipinski definition) is 2. The average molecular weight is 145 g/mol. The number of azide groups is 1. The van der Waals surface area contributed by atoms with Gasteiger partial charge in [-0.2, -0.15) is 0 Å². The number of carbonyl (C=O) groups is 1. The Morgan fingerprint density at radius 2 is 2.30 bits per heavy atom. The average Bonchev–Trinajstić information content (AvgIpc) is 1.87. The van der Waals surface area contributed by atoms with Crippen LogP contribution in [0.25, 0.3) is 10.4 Å². The number of hydrogen-bond acceptors (Lipinski definition) is 3. The third-order valence-corrected chi connectivity index (χ3v) is 0.944. The molecule has 56 valence electrons. The first-order chi connectivity index (χ1) is 4.59. The molecular weight excluding hydrogens is 138 g/mol. The van der Waals surface area contributed by atoms with Crippen LogP contribution >= 0.6 is 0 Å². The number of carboxylic acids is 1. The highest BCUT2D eigenvalue weighted by Gasteiger charge is 2.19. The summed E-state index contributed by atoms with van der Waals surface area (Å²) in [4.78, 5) is 12.3. The molecule has 0 spiro atoms. The number of aliphatic hydroxyl groups excluding tert-OH is 1. The molecule has 0 amide bonds. The van der Waals surface area contributed by atoms with E-state index >= 15 is 0 Å². The SMILES string of the molecule is CC(N=[N+]=[N-])C(O)C(=O)O. The minimum atomic E-state index is -1.61. The maximum atomic E-state index is 9.98. The van der Waals surface area contributed by atoms with Gasteiger partial charge in [0.15, 0.2) is 6.10 Å². The van der Waals surface area contributed by atoms with Gasteiger partial charge in [0.25, 0.3) is 0 Å². The van der Waals surface area contributed by atoms with E-state index in [4.69, 9.17) is 15.7 Å². The van der Waals surface area contributed by atoms with Gasteiger partial charge in [-0.15, -0.1) is 0 Å². The van der Waals surface area contributed by atoms with Gasteiger partial charge in [-0.1, -0.05) is 12.0 Å². The van der Waals surface area contributed by atoms with Gasteiger partial charge >= 0.3 is 5.97 Å². The van der Waals surface area contributed by atoms with Crippen LogP contribution in [0.5, 0.6) is 0 Å². The first-order valence-corrected chi connectivity index (χ1v) is 2.54. The molecule has 0 aliphatic rings. The lowest BCUT2D eigenvalue weighted by Gasteiger charge is -2.06. The smallest absolute Gasteiger partial charge is 0.332 e. The van der Waals surface area contributed by atoms with Crippen LogP contribution in [0.1, 0.15) is 6.92 Å². The Kier molecular flexibility index (Phi) is 3.24. The summed E-state index contributed by atoms with van der Waals surface area (Å²) in [6, 6.07) is -0.928. The summed E-state index contributed by atoms with van der Waals surface area (Å²) in [7, 11) is 0. The van der Waals surface area contributed by atoms with E-state index in [1.165, 1.54) is 6.92 Å². The first-order valence-electron chi connectivity index (χ1n) is 2.54. The molecule has 2 N–H and O–H groups in total. The molecule has 0 bridgehead atoms. The van der Waals surface area contributed by atoms with Crippen molar-refractivity contribution >= 4 is 5.97 Å². The number of carboxylic acid groups (broad SMARTS) is 1. The summed E-state index contributed by atoms with van der Waals surface area (Å²) in [6.45, 7) is 1.32. The lowest BCUT2D eigenvalue weighted by atomic mass is 10.2. The molecule has 0 aliphatic carbocycles. The Hall–Kier alpha value is -1.26. The largest absolute Gasteiger partial charge is 0.479 e. The lowest BCUT2D eigenvalue weighted by Crippen LogP contribution is -2.29. The lowest BCUT2D eigenvalue weighted by molar-refractivity contribution is -0.147. The van der Waals surface area contributed by atoms with Gasteiger partial charge in [-0.05, 0) is 5.53 Å². The normalized spacial score (nSPS) is 15.0. The molecule has 0 aliphatic heterocycles. The van der Waals surface area contributed by atoms with Crippen molar-refractivity contribution in [3.63, 3.8) is 0 Å². The van der Waals surface area contributed by atoms with E-state index in [2.05, 4.69) is 10.0 Å². The fourth-order valence-corrected chi connectivity index (χ4v) is 0.351. The fourth-order valence-electron chi connectivity index (χ4n) is 0.351. The molecule has 10 heavy (non-hydrogen) atoms. The van der Waals surface area contributed by atoms with E-state index in [0.29, 0.717) is 0 Å². The molecule has 6 heteroatoms. The molecule has 0 saturated heterocycles. The third kappa shape index (κ3) is 2.34. The Morgan fingerprint density at radius 3 is 2.60 bits per heavy atom. The van der Waals surface area contributed by atoms with E-state index < -0.39 is 18.1 Å². The predicted molar refractivity (Wildman–Crippen MR) is 32.3 cm³/mol. The van der Waals surface area contributed by atoms with Crippen molar-refractivity contribution in [1.82, 2.24) is 0 Å². The summed E-state index contributed by atoms with van der Waals surface area (Å²) < 4.78 is 0. The molecule has 0 heterocycles. The molecule has 0 aromatic rings. The van der Waals surface area contributed by atoms with Crippen LogP contribution < -0.4 is 0 Å². The summed E-state index contributed by atoms with van der Waals surface area (Å²) in [5.74, 6) is -1.39. The molecule has 0 fully saturated rings. The molecule has 6 nitrogen and oxygen atoms in total. The van der Waals surface area contributed by atoms with Gasteiger partial charge < -0.3 is 10.2 Å². The monoisotopic (exact) mass is 145 g/mol. The quantitative estimate of drug-likeness (QED) is 0.334. The Labute approximate surface area is 56.7 Å². The number of aliphatic carboxylic acids is 1. The zero-order valence-corrected chi connectivity index (χ0v) is 5.30. The highest BCUT2D eigenvalue weighted by molar-refractivity contribution is 5.72. The molecule has 2 atom stereocenters. The second kappa shape index (κ2) is 3.71. The summed E-state index contributed by atoms with van der Waals surface area (Å²) in [6.07, 6.45) is -1.61. The van der Waals surface area contributed by atoms with Crippen LogP contribution in [0.2, 0.25) is 0 Å². The summed E-state index contributed by atoms with van der Waals surface area (Å²) >= 11 is 0. The fraction of sp³-hybridized carbons (Fsp3) is 0.750. The van der Waals surface area contributed by atoms with Gasteiger partial charge in [-0.25, -0.2) is 4.79 Å². The van der Waals surface area contributed by atoms with Crippen LogP contribution in [0.15, 0.2) is 5.11 Å². The zero-order valence-electron chi connectivity index (χ0n) is 5.30. The second-order valence-electron chi connectivity index (χ2n) is 1.73. The van der Waals surface area contributed by atoms with Crippen LogP contribution in [-0.4, -0.2) is 28.3 Å². The molecule has 0 saturated carbocycles. The number of rotatable bonds is 3. The van der Waals surface area contributed by atoms with Gasteiger partial charge in [0.05, 0.1) is 6.04 Å². The number of aliphatic hydroxyl groups is 1. The predicted octanol–water partition coefficient (Wildman–Crippen LogP) is 0.131. The minimum Gasteiger partial charge on any atom is -0.479 e. The van der Waals surface area contributed by atoms with Crippen LogP contribution in [0.3, 0.4) is 0 Å². The van der Waals surface area contributed by atoms with Gasteiger partial charge in [0.2, 0.25) is 0 Å². The molecule has 0 aromatic heterocycles. The van der Waals surface area contributed by atoms with Crippen molar-refractivity contribution in [3.8, 4) is 0 Å². The Balaban J connectivity index is 4.06. The van der Waals surface area contributed by atoms with Gasteiger partial charge in [0.1, 0.15) is 0 Å². The van der Waals surface area contributed by atoms with E-state index in [9.17, 15) is 4.79 Å². The van der Waals surface area contributed by atoms with Crippen molar-refractivity contribution in [2.75, 3.05) is 0 Å². The highest BCUT2D eigenvalue weighted by atomic mass is 16.4. The summed E-state index contributed by atoms with van der Waals surface area (Å²) in [5.41, 5.74) is 7.82. The van der Waals surface area contributed by atoms with E-state index in [-0.39, 0.29) is 0 Å². The zero-order chi connectivity index (χ0) is 8.15. The van der Waals surface area contributed by atoms with Crippen LogP contribution in [0, 0.1) is 0 Å². The van der Waals surface area contributed by atoms with E-state index in [1.54, 1.807) is 0 Å². The standard InChI is InChI=1S/C4H7N3O3/c1-2(6-7-5)3(8)4(9)10/h2-3,8H,1H3,(H,9,10). The Bertz CT molecular complexity index is 169. The molecule has 0 rings (SSSR count). The minimum absolute atomic E-state index is 0.928. The second-order valence-corrected chi connectivity index (χ2v) is 1.73. The van der Waals surface area contributed by atoms with Crippen molar-refractivity contribution < 1.29 is 15.0 Å². The van der Waals surface area contributed by atoms with E-state index in [1.807, 2.05) is 0 Å². The van der Waals surface area contributed by atoms with Crippen LogP contribution in [0.4, 0.5) is 0 Å². The number of nitrogens with zero attached hydrogens (tertiary/aromatic N) is 3. The molecule has 2 unspecified atom stereocenters. The topological polar surface area (TPSA) is 106 Å². The van der Waals surface area contributed by atoms with Crippen molar-refractivity contribution in [3.05, 3.63) is 10.4 Å². The summed E-state index contributed by atoms with van der Waals surface area (Å²) in [5, 5.41) is 19.8.